The van der Waals surface area contributed by atoms with E-state index in [0.717, 1.165) is 10.0 Å². The first-order chi connectivity index (χ1) is 10.9. The van der Waals surface area contributed by atoms with Gasteiger partial charge < -0.3 is 14.4 Å². The third-order valence-electron chi connectivity index (χ3n) is 3.81. The van der Waals surface area contributed by atoms with Crippen LogP contribution in [0.1, 0.15) is 27.9 Å². The number of ketones is 1. The van der Waals surface area contributed by atoms with E-state index in [1.165, 1.54) is 4.90 Å². The quantitative estimate of drug-likeness (QED) is 0.832. The Morgan fingerprint density at radius 2 is 2.04 bits per heavy atom. The molecule has 5 nitrogen and oxygen atoms in total. The van der Waals surface area contributed by atoms with Crippen LogP contribution in [0.15, 0.2) is 56.6 Å². The minimum atomic E-state index is -0.655. The van der Waals surface area contributed by atoms with Crippen LogP contribution in [0.3, 0.4) is 0 Å². The Morgan fingerprint density at radius 1 is 1.30 bits per heavy atom. The summed E-state index contributed by atoms with van der Waals surface area (Å²) in [6.07, 6.45) is 0. The highest BCUT2D eigenvalue weighted by Crippen LogP contribution is 2.38. The third-order valence-corrected chi connectivity index (χ3v) is 4.31. The van der Waals surface area contributed by atoms with Gasteiger partial charge >= 0.3 is 0 Å². The molecular weight excluding hydrogens is 362 g/mol. The fourth-order valence-corrected chi connectivity index (χ4v) is 3.13. The maximum absolute atomic E-state index is 12.7. The number of carbonyl (C=O) groups is 2. The molecule has 2 heterocycles. The van der Waals surface area contributed by atoms with E-state index in [-0.39, 0.29) is 11.3 Å². The molecule has 0 saturated carbocycles. The lowest BCUT2D eigenvalue weighted by Gasteiger charge is -2.22. The van der Waals surface area contributed by atoms with E-state index in [4.69, 9.17) is 4.42 Å². The third kappa shape index (κ3) is 2.59. The van der Waals surface area contributed by atoms with Crippen molar-refractivity contribution in [2.24, 2.45) is 0 Å². The lowest BCUT2D eigenvalue weighted by Crippen LogP contribution is -2.26. The summed E-state index contributed by atoms with van der Waals surface area (Å²) in [6.45, 7) is 1.72. The summed E-state index contributed by atoms with van der Waals surface area (Å²) in [5.41, 5.74) is 0.760. The van der Waals surface area contributed by atoms with Crippen LogP contribution in [0.4, 0.5) is 0 Å². The van der Waals surface area contributed by atoms with E-state index in [1.54, 1.807) is 32.2 Å². The van der Waals surface area contributed by atoms with Gasteiger partial charge in [-0.3, -0.25) is 9.59 Å². The van der Waals surface area contributed by atoms with Crippen molar-refractivity contribution < 1.29 is 19.1 Å². The average Bonchev–Trinajstić information content (AvgIpc) is 3.04. The number of furan rings is 1. The van der Waals surface area contributed by atoms with Crippen LogP contribution in [-0.4, -0.2) is 28.7 Å². The summed E-state index contributed by atoms with van der Waals surface area (Å²) in [6, 6.07) is 9.83. The lowest BCUT2D eigenvalue weighted by atomic mass is 9.95. The Bertz CT molecular complexity index is 837. The van der Waals surface area contributed by atoms with Crippen molar-refractivity contribution >= 4 is 27.6 Å². The van der Waals surface area contributed by atoms with Crippen LogP contribution in [-0.2, 0) is 4.79 Å². The van der Waals surface area contributed by atoms with Crippen LogP contribution < -0.4 is 0 Å². The molecule has 1 unspecified atom stereocenters. The maximum atomic E-state index is 12.7. The molecule has 1 aromatic heterocycles. The van der Waals surface area contributed by atoms with E-state index >= 15 is 0 Å². The number of halogens is 1. The van der Waals surface area contributed by atoms with Gasteiger partial charge in [-0.05, 0) is 36.8 Å². The number of hydrogen-bond donors (Lipinski definition) is 1. The maximum Gasteiger partial charge on any atom is 0.289 e. The highest BCUT2D eigenvalue weighted by atomic mass is 79.9. The minimum Gasteiger partial charge on any atom is -0.503 e. The first-order valence-corrected chi connectivity index (χ1v) is 7.76. The largest absolute Gasteiger partial charge is 0.503 e. The number of hydrogen-bond acceptors (Lipinski definition) is 4. The molecule has 0 fully saturated rings. The second-order valence-electron chi connectivity index (χ2n) is 5.38. The topological polar surface area (TPSA) is 70.8 Å². The molecule has 1 aliphatic heterocycles. The van der Waals surface area contributed by atoms with Crippen molar-refractivity contribution in [3.63, 3.8) is 0 Å². The lowest BCUT2D eigenvalue weighted by molar-refractivity contribution is -0.128. The number of benzene rings is 1. The fraction of sp³-hybridized carbons (Fsp3) is 0.176. The predicted octanol–water partition coefficient (Wildman–Crippen LogP) is 3.56. The molecule has 0 aliphatic carbocycles. The average molecular weight is 376 g/mol. The number of nitrogens with zero attached hydrogens (tertiary/aromatic N) is 1. The molecule has 1 atom stereocenters. The fourth-order valence-electron chi connectivity index (χ4n) is 2.71. The highest BCUT2D eigenvalue weighted by Gasteiger charge is 2.42. The Balaban J connectivity index is 2.10. The Kier molecular flexibility index (Phi) is 3.85. The van der Waals surface area contributed by atoms with Crippen molar-refractivity contribution in [3.05, 3.63) is 69.3 Å². The normalized spacial score (nSPS) is 18.0. The van der Waals surface area contributed by atoms with Gasteiger partial charge in [-0.25, -0.2) is 0 Å². The number of likely N-dealkylation sites (N-methyl/N-ethyl adjacent to an activating group) is 1. The molecule has 2 aromatic rings. The summed E-state index contributed by atoms with van der Waals surface area (Å²) >= 11 is 3.38. The first kappa shape index (κ1) is 15.6. The molecular formula is C17H14BrNO4. The van der Waals surface area contributed by atoms with Gasteiger partial charge in [-0.1, -0.05) is 28.1 Å². The molecule has 0 saturated heterocycles. The van der Waals surface area contributed by atoms with Crippen LogP contribution in [0, 0.1) is 6.92 Å². The number of aliphatic hydroxyl groups is 1. The molecule has 0 bridgehead atoms. The van der Waals surface area contributed by atoms with Crippen molar-refractivity contribution in [1.82, 2.24) is 4.90 Å². The molecule has 1 aromatic carbocycles. The second-order valence-corrected chi connectivity index (χ2v) is 6.29. The summed E-state index contributed by atoms with van der Waals surface area (Å²) in [5.74, 6) is -0.909. The standard InChI is InChI=1S/C17H14BrNO4/c1-9-6-7-12(23-9)15(20)13-14(19(2)17(22)16(13)21)10-4-3-5-11(18)8-10/h3-8,14,21H,1-2H3. The molecule has 23 heavy (non-hydrogen) atoms. The summed E-state index contributed by atoms with van der Waals surface area (Å²) in [4.78, 5) is 26.2. The van der Waals surface area contributed by atoms with Crippen molar-refractivity contribution in [2.45, 2.75) is 13.0 Å². The first-order valence-electron chi connectivity index (χ1n) is 6.97. The van der Waals surface area contributed by atoms with E-state index in [9.17, 15) is 14.7 Å². The van der Waals surface area contributed by atoms with Crippen LogP contribution >= 0.6 is 15.9 Å². The summed E-state index contributed by atoms with van der Waals surface area (Å²) < 4.78 is 6.17. The monoisotopic (exact) mass is 375 g/mol. The number of aliphatic hydroxyl groups excluding tert-OH is 1. The highest BCUT2D eigenvalue weighted by molar-refractivity contribution is 9.10. The van der Waals surface area contributed by atoms with E-state index in [2.05, 4.69) is 15.9 Å². The minimum absolute atomic E-state index is 0.0324. The van der Waals surface area contributed by atoms with Crippen molar-refractivity contribution in [1.29, 1.82) is 0 Å². The number of carbonyl (C=O) groups excluding carboxylic acids is 2. The van der Waals surface area contributed by atoms with Gasteiger partial charge in [0.25, 0.3) is 5.91 Å². The Labute approximate surface area is 141 Å². The van der Waals surface area contributed by atoms with Gasteiger partial charge in [-0.15, -0.1) is 0 Å². The molecule has 1 amide bonds. The summed E-state index contributed by atoms with van der Waals surface area (Å²) in [5, 5.41) is 10.2. The van der Waals surface area contributed by atoms with Gasteiger partial charge in [0.2, 0.25) is 5.78 Å². The van der Waals surface area contributed by atoms with Gasteiger partial charge in [0.15, 0.2) is 11.5 Å². The van der Waals surface area contributed by atoms with E-state index in [1.807, 2.05) is 18.2 Å². The predicted molar refractivity (Wildman–Crippen MR) is 87.1 cm³/mol. The zero-order valence-electron chi connectivity index (χ0n) is 12.5. The molecule has 118 valence electrons. The van der Waals surface area contributed by atoms with Gasteiger partial charge in [0.05, 0.1) is 11.6 Å². The molecule has 1 N–H and O–H groups in total. The molecule has 0 spiro atoms. The smallest absolute Gasteiger partial charge is 0.289 e. The van der Waals surface area contributed by atoms with Gasteiger partial charge in [0.1, 0.15) is 5.76 Å². The number of rotatable bonds is 3. The zero-order valence-corrected chi connectivity index (χ0v) is 14.1. The zero-order chi connectivity index (χ0) is 16.7. The molecule has 6 heteroatoms. The van der Waals surface area contributed by atoms with Gasteiger partial charge in [0, 0.05) is 11.5 Å². The van der Waals surface area contributed by atoms with Crippen LogP contribution in [0.2, 0.25) is 0 Å². The molecule has 0 radical (unpaired) electrons. The second kappa shape index (κ2) is 5.70. The molecule has 1 aliphatic rings. The van der Waals surface area contributed by atoms with Crippen LogP contribution in [0.25, 0.3) is 0 Å². The van der Waals surface area contributed by atoms with Crippen molar-refractivity contribution in [2.75, 3.05) is 7.05 Å². The van der Waals surface area contributed by atoms with E-state index in [0.29, 0.717) is 5.76 Å². The van der Waals surface area contributed by atoms with Gasteiger partial charge in [-0.2, -0.15) is 0 Å². The van der Waals surface area contributed by atoms with E-state index < -0.39 is 23.5 Å². The van der Waals surface area contributed by atoms with Crippen LogP contribution in [0.5, 0.6) is 0 Å². The SMILES string of the molecule is Cc1ccc(C(=O)C2=C(O)C(=O)N(C)C2c2cccc(Br)c2)o1. The molecule has 3 rings (SSSR count). The summed E-state index contributed by atoms with van der Waals surface area (Å²) in [7, 11) is 1.55. The Morgan fingerprint density at radius 3 is 2.65 bits per heavy atom. The Hall–Kier alpha value is -2.34. The number of Topliss-reactive ketones (excluding diaryl/α,β-unsaturated/α-hetero) is 1. The number of aryl methyl sites for hydroxylation is 1. The van der Waals surface area contributed by atoms with Crippen molar-refractivity contribution in [3.8, 4) is 0 Å². The number of amides is 1.